The number of benzene rings is 1. The van der Waals surface area contributed by atoms with Gasteiger partial charge in [0.05, 0.1) is 0 Å². The summed E-state index contributed by atoms with van der Waals surface area (Å²) in [7, 11) is 2.24. The molecule has 3 rings (SSSR count). The van der Waals surface area contributed by atoms with Crippen LogP contribution in [-0.2, 0) is 0 Å². The maximum atomic E-state index is 5.94. The van der Waals surface area contributed by atoms with Crippen LogP contribution in [0.1, 0.15) is 37.2 Å². The van der Waals surface area contributed by atoms with E-state index in [0.717, 1.165) is 22.9 Å². The molecule has 1 N–H and O–H groups in total. The van der Waals surface area contributed by atoms with Crippen LogP contribution < -0.4 is 5.32 Å². The Bertz CT molecular complexity index is 425. The van der Waals surface area contributed by atoms with Crippen molar-refractivity contribution in [3.8, 4) is 0 Å². The van der Waals surface area contributed by atoms with Gasteiger partial charge in [0.25, 0.3) is 0 Å². The van der Waals surface area contributed by atoms with E-state index in [1.807, 2.05) is 12.1 Å². The smallest absolute Gasteiger partial charge is 0.0406 e. The monoisotopic (exact) mass is 292 g/mol. The Morgan fingerprint density at radius 3 is 2.70 bits per heavy atom. The molecule has 2 nitrogen and oxygen atoms in total. The van der Waals surface area contributed by atoms with Crippen LogP contribution in [0.25, 0.3) is 0 Å². The maximum absolute atomic E-state index is 5.94. The van der Waals surface area contributed by atoms with Crippen LogP contribution in [0.2, 0.25) is 5.02 Å². The Balaban J connectivity index is 1.39. The van der Waals surface area contributed by atoms with Crippen LogP contribution >= 0.6 is 11.6 Å². The number of rotatable bonds is 4. The van der Waals surface area contributed by atoms with Gasteiger partial charge in [0.15, 0.2) is 0 Å². The normalized spacial score (nSPS) is 31.0. The van der Waals surface area contributed by atoms with Crippen molar-refractivity contribution in [1.29, 1.82) is 0 Å². The number of hydrogen-bond acceptors (Lipinski definition) is 2. The highest BCUT2D eigenvalue weighted by molar-refractivity contribution is 6.30. The molecule has 0 spiro atoms. The lowest BCUT2D eigenvalue weighted by Gasteiger charge is -2.38. The zero-order valence-electron chi connectivity index (χ0n) is 12.3. The molecule has 3 heteroatoms. The lowest BCUT2D eigenvalue weighted by Crippen LogP contribution is -2.45. The molecule has 0 aromatic heterocycles. The number of likely N-dealkylation sites (tertiary alicyclic amines) is 1. The Morgan fingerprint density at radius 2 is 2.00 bits per heavy atom. The van der Waals surface area contributed by atoms with Gasteiger partial charge in [0.1, 0.15) is 0 Å². The first-order valence-electron chi connectivity index (χ1n) is 7.88. The highest BCUT2D eigenvalue weighted by atomic mass is 35.5. The van der Waals surface area contributed by atoms with E-state index in [1.165, 1.54) is 50.9 Å². The first-order valence-corrected chi connectivity index (χ1v) is 8.26. The fourth-order valence-electron chi connectivity index (χ4n) is 3.56. The van der Waals surface area contributed by atoms with Crippen molar-refractivity contribution in [2.24, 2.45) is 5.92 Å². The average molecular weight is 293 g/mol. The molecule has 1 unspecified atom stereocenters. The summed E-state index contributed by atoms with van der Waals surface area (Å²) in [5.41, 5.74) is 1.45. The fourth-order valence-corrected chi connectivity index (χ4v) is 3.69. The standard InChI is InChI=1S/C17H25ClN2/c1-20-8-2-3-13(12-20)11-19-17-9-15(10-17)14-4-6-16(18)7-5-14/h4-7,13,15,17,19H,2-3,8-12H2,1H3. The molecule has 1 saturated heterocycles. The van der Waals surface area contributed by atoms with Crippen molar-refractivity contribution >= 4 is 11.6 Å². The first-order chi connectivity index (χ1) is 9.70. The third-order valence-electron chi connectivity index (χ3n) is 4.90. The largest absolute Gasteiger partial charge is 0.314 e. The minimum absolute atomic E-state index is 0.725. The van der Waals surface area contributed by atoms with Gasteiger partial charge >= 0.3 is 0 Å². The fraction of sp³-hybridized carbons (Fsp3) is 0.647. The van der Waals surface area contributed by atoms with E-state index >= 15 is 0 Å². The summed E-state index contributed by atoms with van der Waals surface area (Å²) in [4.78, 5) is 2.47. The Hall–Kier alpha value is -0.570. The number of halogens is 1. The maximum Gasteiger partial charge on any atom is 0.0406 e. The molecule has 0 bridgehead atoms. The zero-order chi connectivity index (χ0) is 13.9. The van der Waals surface area contributed by atoms with Gasteiger partial charge in [-0.05, 0) is 75.4 Å². The lowest BCUT2D eigenvalue weighted by molar-refractivity contribution is 0.190. The van der Waals surface area contributed by atoms with Crippen LogP contribution in [0.4, 0.5) is 0 Å². The minimum Gasteiger partial charge on any atom is -0.314 e. The third-order valence-corrected chi connectivity index (χ3v) is 5.15. The van der Waals surface area contributed by atoms with Crippen molar-refractivity contribution in [2.45, 2.75) is 37.6 Å². The molecule has 110 valence electrons. The highest BCUT2D eigenvalue weighted by Gasteiger charge is 2.30. The minimum atomic E-state index is 0.725. The van der Waals surface area contributed by atoms with Gasteiger partial charge in [0.2, 0.25) is 0 Å². The molecule has 1 heterocycles. The Kier molecular flexibility index (Phi) is 4.65. The summed E-state index contributed by atoms with van der Waals surface area (Å²) in [5.74, 6) is 1.59. The molecule has 0 amide bonds. The molecule has 1 atom stereocenters. The molecule has 20 heavy (non-hydrogen) atoms. The first kappa shape index (κ1) is 14.4. The van der Waals surface area contributed by atoms with Crippen LogP contribution in [0.5, 0.6) is 0 Å². The molecule has 1 aliphatic heterocycles. The van der Waals surface area contributed by atoms with E-state index in [4.69, 9.17) is 11.6 Å². The number of nitrogens with one attached hydrogen (secondary N) is 1. The summed E-state index contributed by atoms with van der Waals surface area (Å²) in [5, 5.41) is 4.60. The van der Waals surface area contributed by atoms with Crippen molar-refractivity contribution in [3.05, 3.63) is 34.9 Å². The van der Waals surface area contributed by atoms with Crippen molar-refractivity contribution < 1.29 is 0 Å². The number of hydrogen-bond donors (Lipinski definition) is 1. The molecule has 1 aliphatic carbocycles. The van der Waals surface area contributed by atoms with E-state index in [9.17, 15) is 0 Å². The highest BCUT2D eigenvalue weighted by Crippen LogP contribution is 2.37. The predicted octanol–water partition coefficient (Wildman–Crippen LogP) is 3.52. The Morgan fingerprint density at radius 1 is 1.25 bits per heavy atom. The van der Waals surface area contributed by atoms with Crippen LogP contribution in [0, 0.1) is 5.92 Å². The van der Waals surface area contributed by atoms with Gasteiger partial charge in [-0.2, -0.15) is 0 Å². The van der Waals surface area contributed by atoms with E-state index < -0.39 is 0 Å². The van der Waals surface area contributed by atoms with E-state index in [2.05, 4.69) is 29.4 Å². The second-order valence-corrected chi connectivity index (χ2v) is 7.03. The van der Waals surface area contributed by atoms with E-state index in [1.54, 1.807) is 0 Å². The van der Waals surface area contributed by atoms with Crippen molar-refractivity contribution in [2.75, 3.05) is 26.7 Å². The molecule has 1 aromatic carbocycles. The summed E-state index contributed by atoms with van der Waals surface area (Å²) in [6.07, 6.45) is 5.32. The van der Waals surface area contributed by atoms with E-state index in [0.29, 0.717) is 0 Å². The molecule has 0 radical (unpaired) electrons. The number of nitrogens with zero attached hydrogens (tertiary/aromatic N) is 1. The molecular weight excluding hydrogens is 268 g/mol. The SMILES string of the molecule is CN1CCCC(CNC2CC(c3ccc(Cl)cc3)C2)C1. The lowest BCUT2D eigenvalue weighted by atomic mass is 9.75. The molecule has 2 fully saturated rings. The summed E-state index contributed by atoms with van der Waals surface area (Å²) in [6, 6.07) is 9.10. The molecule has 1 aromatic rings. The third kappa shape index (κ3) is 3.55. The van der Waals surface area contributed by atoms with Crippen molar-refractivity contribution in [3.63, 3.8) is 0 Å². The van der Waals surface area contributed by atoms with Crippen LogP contribution in [0.15, 0.2) is 24.3 Å². The number of piperidine rings is 1. The van der Waals surface area contributed by atoms with Gasteiger partial charge in [0, 0.05) is 17.6 Å². The molecule has 1 saturated carbocycles. The summed E-state index contributed by atoms with van der Waals surface area (Å²) in [6.45, 7) is 3.74. The van der Waals surface area contributed by atoms with Crippen LogP contribution in [-0.4, -0.2) is 37.6 Å². The second kappa shape index (κ2) is 6.46. The Labute approximate surface area is 127 Å². The zero-order valence-corrected chi connectivity index (χ0v) is 13.1. The summed E-state index contributed by atoms with van der Waals surface area (Å²) < 4.78 is 0. The van der Waals surface area contributed by atoms with Crippen molar-refractivity contribution in [1.82, 2.24) is 10.2 Å². The second-order valence-electron chi connectivity index (χ2n) is 6.60. The predicted molar refractivity (Wildman–Crippen MR) is 85.4 cm³/mol. The van der Waals surface area contributed by atoms with Gasteiger partial charge in [-0.3, -0.25) is 0 Å². The molecular formula is C17H25ClN2. The van der Waals surface area contributed by atoms with Gasteiger partial charge in [-0.1, -0.05) is 23.7 Å². The topological polar surface area (TPSA) is 15.3 Å². The van der Waals surface area contributed by atoms with Gasteiger partial charge < -0.3 is 10.2 Å². The van der Waals surface area contributed by atoms with Crippen LogP contribution in [0.3, 0.4) is 0 Å². The van der Waals surface area contributed by atoms with Gasteiger partial charge in [-0.15, -0.1) is 0 Å². The average Bonchev–Trinajstić information content (AvgIpc) is 2.39. The van der Waals surface area contributed by atoms with Gasteiger partial charge in [-0.25, -0.2) is 0 Å². The van der Waals surface area contributed by atoms with E-state index in [-0.39, 0.29) is 0 Å². The quantitative estimate of drug-likeness (QED) is 0.913. The molecule has 2 aliphatic rings. The summed E-state index contributed by atoms with van der Waals surface area (Å²) >= 11 is 5.94.